The van der Waals surface area contributed by atoms with E-state index >= 15 is 0 Å². The lowest BCUT2D eigenvalue weighted by Gasteiger charge is -2.08. The minimum atomic E-state index is 0.657. The molecule has 5 nitrogen and oxygen atoms in total. The molecule has 1 aliphatic carbocycles. The average Bonchev–Trinajstić information content (AvgIpc) is 2.94. The van der Waals surface area contributed by atoms with Crippen LogP contribution in [0.3, 0.4) is 0 Å². The minimum Gasteiger partial charge on any atom is -0.399 e. The molecule has 1 heterocycles. The van der Waals surface area contributed by atoms with Crippen molar-refractivity contribution < 1.29 is 0 Å². The van der Waals surface area contributed by atoms with Crippen LogP contribution in [0, 0.1) is 0 Å². The van der Waals surface area contributed by atoms with E-state index in [1.165, 1.54) is 18.4 Å². The molecule has 1 aromatic carbocycles. The molecule has 0 aliphatic heterocycles. The first-order chi connectivity index (χ1) is 7.34. The number of nitrogens with two attached hydrogens (primary N) is 1. The maximum absolute atomic E-state index is 5.77. The lowest BCUT2D eigenvalue weighted by atomic mass is 10.1. The Morgan fingerprint density at radius 2 is 2.20 bits per heavy atom. The van der Waals surface area contributed by atoms with Crippen molar-refractivity contribution in [1.29, 1.82) is 0 Å². The Hall–Kier alpha value is -1.91. The van der Waals surface area contributed by atoms with Crippen LogP contribution in [-0.4, -0.2) is 20.2 Å². The van der Waals surface area contributed by atoms with E-state index in [9.17, 15) is 0 Å². The number of nitrogens with zero attached hydrogens (tertiary/aromatic N) is 4. The van der Waals surface area contributed by atoms with Crippen LogP contribution in [0.15, 0.2) is 24.5 Å². The van der Waals surface area contributed by atoms with Crippen molar-refractivity contribution in [3.8, 4) is 5.69 Å². The number of hydrogen-bond donors (Lipinski definition) is 1. The molecule has 2 N–H and O–H groups in total. The summed E-state index contributed by atoms with van der Waals surface area (Å²) in [6.07, 6.45) is 4.10. The summed E-state index contributed by atoms with van der Waals surface area (Å²) in [5.41, 5.74) is 8.80. The van der Waals surface area contributed by atoms with Gasteiger partial charge in [0.05, 0.1) is 5.69 Å². The van der Waals surface area contributed by atoms with E-state index in [1.54, 1.807) is 11.0 Å². The maximum Gasteiger partial charge on any atom is 0.143 e. The summed E-state index contributed by atoms with van der Waals surface area (Å²) >= 11 is 0. The summed E-state index contributed by atoms with van der Waals surface area (Å²) < 4.78 is 1.67. The zero-order chi connectivity index (χ0) is 10.3. The Kier molecular flexibility index (Phi) is 1.71. The molecule has 0 radical (unpaired) electrons. The van der Waals surface area contributed by atoms with Crippen molar-refractivity contribution >= 4 is 5.69 Å². The second kappa shape index (κ2) is 3.05. The van der Waals surface area contributed by atoms with Crippen LogP contribution in [0.25, 0.3) is 5.69 Å². The Bertz CT molecular complexity index is 473. The zero-order valence-corrected chi connectivity index (χ0v) is 8.17. The van der Waals surface area contributed by atoms with Crippen molar-refractivity contribution in [2.45, 2.75) is 18.8 Å². The molecule has 0 amide bonds. The molecular weight excluding hydrogens is 190 g/mol. The highest BCUT2D eigenvalue weighted by Crippen LogP contribution is 2.42. The molecule has 2 aromatic rings. The third-order valence-electron chi connectivity index (χ3n) is 2.67. The fourth-order valence-corrected chi connectivity index (χ4v) is 1.77. The highest BCUT2D eigenvalue weighted by molar-refractivity contribution is 5.54. The SMILES string of the molecule is Nc1ccc(C2CC2)c(-n2cnnn2)c1. The highest BCUT2D eigenvalue weighted by atomic mass is 15.5. The minimum absolute atomic E-state index is 0.657. The van der Waals surface area contributed by atoms with Crippen LogP contribution in [0.4, 0.5) is 5.69 Å². The number of benzene rings is 1. The Balaban J connectivity index is 2.14. The van der Waals surface area contributed by atoms with Gasteiger partial charge in [0.2, 0.25) is 0 Å². The summed E-state index contributed by atoms with van der Waals surface area (Å²) in [5, 5.41) is 11.2. The van der Waals surface area contributed by atoms with Crippen molar-refractivity contribution in [2.24, 2.45) is 0 Å². The van der Waals surface area contributed by atoms with Crippen molar-refractivity contribution in [1.82, 2.24) is 20.2 Å². The molecule has 76 valence electrons. The summed E-state index contributed by atoms with van der Waals surface area (Å²) in [6, 6.07) is 5.93. The van der Waals surface area contributed by atoms with Crippen molar-refractivity contribution in [3.05, 3.63) is 30.1 Å². The van der Waals surface area contributed by atoms with Crippen LogP contribution < -0.4 is 5.73 Å². The predicted molar refractivity (Wildman–Crippen MR) is 55.5 cm³/mol. The first-order valence-corrected chi connectivity index (χ1v) is 4.97. The van der Waals surface area contributed by atoms with Crippen LogP contribution in [0.2, 0.25) is 0 Å². The van der Waals surface area contributed by atoms with Gasteiger partial charge in [-0.25, -0.2) is 4.68 Å². The lowest BCUT2D eigenvalue weighted by Crippen LogP contribution is -2.01. The van der Waals surface area contributed by atoms with Gasteiger partial charge in [-0.1, -0.05) is 6.07 Å². The molecule has 0 saturated heterocycles. The molecule has 1 aromatic heterocycles. The maximum atomic E-state index is 5.77. The topological polar surface area (TPSA) is 69.6 Å². The number of hydrogen-bond acceptors (Lipinski definition) is 4. The number of anilines is 1. The zero-order valence-electron chi connectivity index (χ0n) is 8.17. The molecule has 1 fully saturated rings. The fourth-order valence-electron chi connectivity index (χ4n) is 1.77. The largest absolute Gasteiger partial charge is 0.399 e. The summed E-state index contributed by atoms with van der Waals surface area (Å²) in [6.45, 7) is 0. The van der Waals surface area contributed by atoms with Gasteiger partial charge in [0.25, 0.3) is 0 Å². The van der Waals surface area contributed by atoms with Gasteiger partial charge in [-0.3, -0.25) is 0 Å². The van der Waals surface area contributed by atoms with Crippen LogP contribution in [-0.2, 0) is 0 Å². The molecule has 0 spiro atoms. The average molecular weight is 201 g/mol. The van der Waals surface area contributed by atoms with E-state index in [1.807, 2.05) is 12.1 Å². The van der Waals surface area contributed by atoms with Crippen molar-refractivity contribution in [2.75, 3.05) is 5.73 Å². The number of rotatable bonds is 2. The van der Waals surface area contributed by atoms with E-state index in [4.69, 9.17) is 5.73 Å². The third-order valence-corrected chi connectivity index (χ3v) is 2.67. The Morgan fingerprint density at radius 1 is 1.33 bits per heavy atom. The molecule has 1 aliphatic rings. The van der Waals surface area contributed by atoms with Gasteiger partial charge in [0.15, 0.2) is 0 Å². The van der Waals surface area contributed by atoms with E-state index < -0.39 is 0 Å². The standard InChI is InChI=1S/C10H11N5/c11-8-3-4-9(7-1-2-7)10(5-8)15-6-12-13-14-15/h3-7H,1-2,11H2. The normalized spacial score (nSPS) is 15.5. The van der Waals surface area contributed by atoms with Crippen LogP contribution in [0.5, 0.6) is 0 Å². The second-order valence-corrected chi connectivity index (χ2v) is 3.85. The quantitative estimate of drug-likeness (QED) is 0.739. The molecule has 0 atom stereocenters. The van der Waals surface area contributed by atoms with Crippen LogP contribution in [0.1, 0.15) is 24.3 Å². The molecule has 5 heteroatoms. The molecule has 0 bridgehead atoms. The Morgan fingerprint density at radius 3 is 2.87 bits per heavy atom. The van der Waals surface area contributed by atoms with Gasteiger partial charge >= 0.3 is 0 Å². The molecular formula is C10H11N5. The van der Waals surface area contributed by atoms with Crippen molar-refractivity contribution in [3.63, 3.8) is 0 Å². The van der Waals surface area contributed by atoms with Gasteiger partial charge in [0.1, 0.15) is 6.33 Å². The second-order valence-electron chi connectivity index (χ2n) is 3.85. The highest BCUT2D eigenvalue weighted by Gasteiger charge is 2.26. The van der Waals surface area contributed by atoms with Gasteiger partial charge in [-0.15, -0.1) is 5.10 Å². The summed E-state index contributed by atoms with van der Waals surface area (Å²) in [7, 11) is 0. The van der Waals surface area contributed by atoms with E-state index in [0.29, 0.717) is 5.92 Å². The van der Waals surface area contributed by atoms with E-state index in [2.05, 4.69) is 21.6 Å². The molecule has 1 saturated carbocycles. The molecule has 3 rings (SSSR count). The summed E-state index contributed by atoms with van der Waals surface area (Å²) in [4.78, 5) is 0. The summed E-state index contributed by atoms with van der Waals surface area (Å²) in [5.74, 6) is 0.657. The number of nitrogen functional groups attached to an aromatic ring is 1. The fraction of sp³-hybridized carbons (Fsp3) is 0.300. The van der Waals surface area contributed by atoms with Gasteiger partial charge < -0.3 is 5.73 Å². The first-order valence-electron chi connectivity index (χ1n) is 4.97. The predicted octanol–water partition coefficient (Wildman–Crippen LogP) is 1.12. The van der Waals surface area contributed by atoms with E-state index in [0.717, 1.165) is 11.4 Å². The number of aromatic nitrogens is 4. The third kappa shape index (κ3) is 1.45. The first kappa shape index (κ1) is 8.40. The van der Waals surface area contributed by atoms with Gasteiger partial charge in [-0.2, -0.15) is 0 Å². The smallest absolute Gasteiger partial charge is 0.143 e. The monoisotopic (exact) mass is 201 g/mol. The Labute approximate surface area is 86.9 Å². The number of tetrazole rings is 1. The van der Waals surface area contributed by atoms with Crippen LogP contribution >= 0.6 is 0 Å². The van der Waals surface area contributed by atoms with Gasteiger partial charge in [0, 0.05) is 5.69 Å². The molecule has 0 unspecified atom stereocenters. The van der Waals surface area contributed by atoms with Gasteiger partial charge in [-0.05, 0) is 46.9 Å². The molecule has 15 heavy (non-hydrogen) atoms. The van der Waals surface area contributed by atoms with E-state index in [-0.39, 0.29) is 0 Å². The lowest BCUT2D eigenvalue weighted by molar-refractivity contribution is 0.781.